The van der Waals surface area contributed by atoms with Gasteiger partial charge in [-0.3, -0.25) is 4.90 Å². The molecule has 0 unspecified atom stereocenters. The van der Waals surface area contributed by atoms with E-state index in [-0.39, 0.29) is 0 Å². The van der Waals surface area contributed by atoms with Gasteiger partial charge in [0.2, 0.25) is 0 Å². The Morgan fingerprint density at radius 3 is 2.57 bits per heavy atom. The lowest BCUT2D eigenvalue weighted by Crippen LogP contribution is -2.34. The molecule has 2 aromatic carbocycles. The number of phenols is 1. The Morgan fingerprint density at radius 1 is 1.07 bits per heavy atom. The van der Waals surface area contributed by atoms with Crippen molar-refractivity contribution in [3.8, 4) is 5.75 Å². The molecule has 1 aliphatic heterocycles. The highest BCUT2D eigenvalue weighted by molar-refractivity contribution is 5.76. The number of likely N-dealkylation sites (N-methyl/N-ethyl adjacent to an activating group) is 1. The van der Waals surface area contributed by atoms with Gasteiger partial charge < -0.3 is 15.0 Å². The van der Waals surface area contributed by atoms with Crippen LogP contribution in [0.25, 0.3) is 11.0 Å². The van der Waals surface area contributed by atoms with Gasteiger partial charge in [-0.25, -0.2) is 4.98 Å². The summed E-state index contributed by atoms with van der Waals surface area (Å²) in [5, 5.41) is 12.9. The van der Waals surface area contributed by atoms with E-state index in [0.717, 1.165) is 57.5 Å². The number of phenolic OH excluding ortho intramolecular Hbond substituents is 1. The molecule has 0 aliphatic carbocycles. The molecular weight excluding hydrogens is 348 g/mol. The highest BCUT2D eigenvalue weighted by Crippen LogP contribution is 2.29. The van der Waals surface area contributed by atoms with Gasteiger partial charge in [0.1, 0.15) is 11.6 Å². The summed E-state index contributed by atoms with van der Waals surface area (Å²) in [6.45, 7) is 7.24. The van der Waals surface area contributed by atoms with E-state index >= 15 is 0 Å². The van der Waals surface area contributed by atoms with E-state index in [2.05, 4.69) is 46.0 Å². The third kappa shape index (κ3) is 4.21. The van der Waals surface area contributed by atoms with Gasteiger partial charge >= 0.3 is 0 Å². The third-order valence-electron chi connectivity index (χ3n) is 5.71. The quantitative estimate of drug-likeness (QED) is 0.615. The van der Waals surface area contributed by atoms with Crippen molar-refractivity contribution in [2.45, 2.75) is 38.8 Å². The van der Waals surface area contributed by atoms with Crippen molar-refractivity contribution in [3.05, 3.63) is 59.9 Å². The monoisotopic (exact) mass is 378 g/mol. The molecule has 2 heterocycles. The number of hydrogen-bond acceptors (Lipinski definition) is 4. The van der Waals surface area contributed by atoms with E-state index in [9.17, 15) is 5.11 Å². The Kier molecular flexibility index (Phi) is 5.93. The number of aromatic hydroxyl groups is 1. The van der Waals surface area contributed by atoms with Crippen molar-refractivity contribution in [1.29, 1.82) is 0 Å². The molecule has 3 aromatic rings. The molecule has 0 atom stereocenters. The Bertz CT molecular complexity index is 895. The van der Waals surface area contributed by atoms with Gasteiger partial charge in [0, 0.05) is 38.6 Å². The second-order valence-corrected chi connectivity index (χ2v) is 7.66. The molecule has 1 aliphatic rings. The van der Waals surface area contributed by atoms with E-state index in [4.69, 9.17) is 4.98 Å². The number of hydrogen-bond donors (Lipinski definition) is 2. The van der Waals surface area contributed by atoms with Crippen molar-refractivity contribution < 1.29 is 5.11 Å². The largest absolute Gasteiger partial charge is 0.508 e. The molecule has 0 radical (unpaired) electrons. The summed E-state index contributed by atoms with van der Waals surface area (Å²) >= 11 is 0. The van der Waals surface area contributed by atoms with E-state index in [1.165, 1.54) is 16.9 Å². The summed E-state index contributed by atoms with van der Waals surface area (Å²) in [6, 6.07) is 16.6. The predicted octanol–water partition coefficient (Wildman–Crippen LogP) is 3.73. The molecule has 4 rings (SSSR count). The molecule has 1 saturated heterocycles. The van der Waals surface area contributed by atoms with Crippen LogP contribution in [0, 0.1) is 0 Å². The average molecular weight is 379 g/mol. The Morgan fingerprint density at radius 2 is 1.82 bits per heavy atom. The number of nitrogens with one attached hydrogen (secondary N) is 1. The molecular formula is C23H30N4O. The number of piperidine rings is 1. The zero-order valence-electron chi connectivity index (χ0n) is 16.6. The van der Waals surface area contributed by atoms with Crippen LogP contribution in [0.5, 0.6) is 5.75 Å². The lowest BCUT2D eigenvalue weighted by Gasteiger charge is -2.33. The number of imidazole rings is 1. The average Bonchev–Trinajstić information content (AvgIpc) is 3.09. The van der Waals surface area contributed by atoms with E-state index < -0.39 is 0 Å². The number of aromatic nitrogens is 2. The van der Waals surface area contributed by atoms with Gasteiger partial charge in [-0.2, -0.15) is 0 Å². The predicted molar refractivity (Wildman–Crippen MR) is 114 cm³/mol. The zero-order chi connectivity index (χ0) is 19.3. The second kappa shape index (κ2) is 8.76. The highest BCUT2D eigenvalue weighted by Gasteiger charge is 2.24. The van der Waals surface area contributed by atoms with Crippen molar-refractivity contribution in [2.75, 3.05) is 26.2 Å². The Balaban J connectivity index is 1.46. The standard InChI is InChI=1S/C23H30N4O/c1-2-24-14-11-23-25-21-5-3-4-6-22(21)27(23)19-12-15-26(16-13-19)17-18-7-9-20(28)10-8-18/h3-10,19,24,28H,2,11-17H2,1H3. The van der Waals surface area contributed by atoms with Gasteiger partial charge in [-0.15, -0.1) is 0 Å². The molecule has 5 nitrogen and oxygen atoms in total. The zero-order valence-corrected chi connectivity index (χ0v) is 16.6. The number of fused-ring (bicyclic) bond motifs is 1. The number of rotatable bonds is 7. The van der Waals surface area contributed by atoms with Crippen LogP contribution < -0.4 is 5.32 Å². The van der Waals surface area contributed by atoms with Crippen LogP contribution in [-0.4, -0.2) is 45.7 Å². The normalized spacial score (nSPS) is 16.0. The number of benzene rings is 2. The van der Waals surface area contributed by atoms with Crippen LogP contribution >= 0.6 is 0 Å². The minimum atomic E-state index is 0.333. The molecule has 2 N–H and O–H groups in total. The van der Waals surface area contributed by atoms with Crippen molar-refractivity contribution >= 4 is 11.0 Å². The molecule has 148 valence electrons. The molecule has 5 heteroatoms. The number of nitrogens with zero attached hydrogens (tertiary/aromatic N) is 3. The fourth-order valence-electron chi connectivity index (χ4n) is 4.25. The maximum absolute atomic E-state index is 9.47. The van der Waals surface area contributed by atoms with Gasteiger partial charge in [0.05, 0.1) is 11.0 Å². The van der Waals surface area contributed by atoms with Crippen LogP contribution in [0.2, 0.25) is 0 Å². The van der Waals surface area contributed by atoms with Crippen LogP contribution in [0.15, 0.2) is 48.5 Å². The van der Waals surface area contributed by atoms with E-state index in [1.807, 2.05) is 12.1 Å². The van der Waals surface area contributed by atoms with E-state index in [0.29, 0.717) is 11.8 Å². The molecule has 1 aromatic heterocycles. The van der Waals surface area contributed by atoms with Gasteiger partial charge in [-0.05, 0) is 49.2 Å². The van der Waals surface area contributed by atoms with Crippen LogP contribution in [0.3, 0.4) is 0 Å². The maximum atomic E-state index is 9.47. The van der Waals surface area contributed by atoms with Gasteiger partial charge in [0.25, 0.3) is 0 Å². The summed E-state index contributed by atoms with van der Waals surface area (Å²) in [6.07, 6.45) is 3.26. The number of likely N-dealkylation sites (tertiary alicyclic amines) is 1. The summed E-state index contributed by atoms with van der Waals surface area (Å²) < 4.78 is 2.50. The first-order chi connectivity index (χ1) is 13.7. The Labute approximate surface area is 167 Å². The van der Waals surface area contributed by atoms with Crippen LogP contribution in [0.4, 0.5) is 0 Å². The second-order valence-electron chi connectivity index (χ2n) is 7.66. The minimum Gasteiger partial charge on any atom is -0.508 e. The number of para-hydroxylation sites is 2. The topological polar surface area (TPSA) is 53.3 Å². The molecule has 28 heavy (non-hydrogen) atoms. The molecule has 0 saturated carbocycles. The van der Waals surface area contributed by atoms with Crippen molar-refractivity contribution in [2.24, 2.45) is 0 Å². The van der Waals surface area contributed by atoms with Gasteiger partial charge in [0.15, 0.2) is 0 Å². The molecule has 1 fully saturated rings. The third-order valence-corrected chi connectivity index (χ3v) is 5.71. The fraction of sp³-hybridized carbons (Fsp3) is 0.435. The SMILES string of the molecule is CCNCCc1nc2ccccc2n1C1CCN(Cc2ccc(O)cc2)CC1. The smallest absolute Gasteiger partial charge is 0.115 e. The minimum absolute atomic E-state index is 0.333. The van der Waals surface area contributed by atoms with Crippen molar-refractivity contribution in [3.63, 3.8) is 0 Å². The molecule has 0 spiro atoms. The lowest BCUT2D eigenvalue weighted by atomic mass is 10.0. The highest BCUT2D eigenvalue weighted by atomic mass is 16.3. The summed E-state index contributed by atoms with van der Waals surface area (Å²) in [4.78, 5) is 7.45. The first-order valence-electron chi connectivity index (χ1n) is 10.4. The molecule has 0 amide bonds. The Hall–Kier alpha value is -2.37. The van der Waals surface area contributed by atoms with Gasteiger partial charge in [-0.1, -0.05) is 31.2 Å². The molecule has 0 bridgehead atoms. The lowest BCUT2D eigenvalue weighted by molar-refractivity contribution is 0.180. The van der Waals surface area contributed by atoms with Crippen LogP contribution in [-0.2, 0) is 13.0 Å². The van der Waals surface area contributed by atoms with E-state index in [1.54, 1.807) is 12.1 Å². The first kappa shape index (κ1) is 19.0. The summed E-state index contributed by atoms with van der Waals surface area (Å²) in [5.74, 6) is 1.54. The summed E-state index contributed by atoms with van der Waals surface area (Å²) in [7, 11) is 0. The maximum Gasteiger partial charge on any atom is 0.115 e. The van der Waals surface area contributed by atoms with Crippen LogP contribution in [0.1, 0.15) is 37.2 Å². The fourth-order valence-corrected chi connectivity index (χ4v) is 4.25. The first-order valence-corrected chi connectivity index (χ1v) is 10.4. The van der Waals surface area contributed by atoms with Crippen molar-refractivity contribution in [1.82, 2.24) is 19.8 Å². The summed E-state index contributed by atoms with van der Waals surface area (Å²) in [5.41, 5.74) is 3.64.